The van der Waals surface area contributed by atoms with Crippen molar-refractivity contribution in [2.75, 3.05) is 0 Å². The van der Waals surface area contributed by atoms with Crippen molar-refractivity contribution in [3.05, 3.63) is 303 Å². The van der Waals surface area contributed by atoms with E-state index in [1.54, 1.807) is 0 Å². The molecule has 0 fully saturated rings. The van der Waals surface area contributed by atoms with Crippen LogP contribution in [0.2, 0.25) is 0 Å². The number of nitriles is 4. The summed E-state index contributed by atoms with van der Waals surface area (Å²) in [5, 5.41) is 51.6. The molecule has 3 heterocycles. The zero-order chi connectivity index (χ0) is 66.7. The second-order valence-corrected chi connectivity index (χ2v) is 26.1. The molecule has 0 bridgehead atoms. The average Bonchev–Trinajstić information content (AvgIpc) is 1.66. The summed E-state index contributed by atoms with van der Waals surface area (Å²) in [5.41, 5.74) is 30.8. The van der Waals surface area contributed by atoms with Gasteiger partial charge in [-0.25, -0.2) is 0 Å². The number of aromatic nitrogens is 3. The fourth-order valence-corrected chi connectivity index (χ4v) is 15.9. The van der Waals surface area contributed by atoms with E-state index < -0.39 is 0 Å². The third-order valence-corrected chi connectivity index (χ3v) is 20.2. The minimum Gasteiger partial charge on any atom is -0.309 e. The molecule has 16 aromatic rings. The Morgan fingerprint density at radius 1 is 0.216 bits per heavy atom. The van der Waals surface area contributed by atoms with Crippen molar-refractivity contribution in [1.82, 2.24) is 13.7 Å². The van der Waals surface area contributed by atoms with E-state index in [9.17, 15) is 21.0 Å². The molecule has 7 heteroatoms. The highest BCUT2D eigenvalue weighted by Gasteiger charge is 2.26. The molecule has 3 aromatic heterocycles. The van der Waals surface area contributed by atoms with E-state index in [0.29, 0.717) is 33.6 Å². The molecule has 0 aliphatic heterocycles. The third kappa shape index (κ3) is 9.43. The first-order valence-electron chi connectivity index (χ1n) is 32.8. The minimum absolute atomic E-state index is 0.370. The van der Waals surface area contributed by atoms with Crippen LogP contribution in [0, 0.1) is 101 Å². The van der Waals surface area contributed by atoms with Gasteiger partial charge in [0.15, 0.2) is 0 Å². The highest BCUT2D eigenvalue weighted by Crippen LogP contribution is 2.46. The van der Waals surface area contributed by atoms with Gasteiger partial charge >= 0.3 is 0 Å². The number of hydrogen-bond acceptors (Lipinski definition) is 4. The number of aryl methyl sites for hydroxylation is 8. The largest absolute Gasteiger partial charge is 0.309 e. The lowest BCUT2D eigenvalue weighted by atomic mass is 9.93. The Morgan fingerprint density at radius 3 is 0.691 bits per heavy atom. The predicted molar refractivity (Wildman–Crippen MR) is 399 cm³/mol. The number of hydrogen-bond donors (Lipinski definition) is 0. The van der Waals surface area contributed by atoms with Crippen LogP contribution < -0.4 is 0 Å². The van der Waals surface area contributed by atoms with E-state index in [4.69, 9.17) is 0 Å². The molecule has 0 aliphatic carbocycles. The molecule has 0 aliphatic rings. The molecule has 97 heavy (non-hydrogen) atoms. The Kier molecular flexibility index (Phi) is 14.1. The van der Waals surface area contributed by atoms with E-state index in [1.807, 2.05) is 42.5 Å². The van der Waals surface area contributed by atoms with Crippen molar-refractivity contribution in [3.8, 4) is 108 Å². The molecule has 0 radical (unpaired) electrons. The van der Waals surface area contributed by atoms with Crippen molar-refractivity contribution in [2.24, 2.45) is 0 Å². The molecule has 0 saturated carbocycles. The van der Waals surface area contributed by atoms with Gasteiger partial charge in [0.1, 0.15) is 24.3 Å². The first kappa shape index (κ1) is 59.2. The number of para-hydroxylation sites is 1. The molecule has 0 spiro atoms. The molecule has 458 valence electrons. The first-order chi connectivity index (χ1) is 47.2. The van der Waals surface area contributed by atoms with Crippen LogP contribution in [-0.4, -0.2) is 13.7 Å². The standard InChI is InChI=1S/C90H63N7/c1-52-16-12-17-53(2)85(52)62-28-34-81-75(44-62)76-45-63(86-54(3)18-13-19-55(86)4)29-35-82(76)96(81)89-68(48-91)38-66(39-69(89)49-92)60-26-32-79-73(42-60)74-43-61(27-33-80(74)95(79)72-24-10-9-11-25-72)67-40-70(50-93)90(71(41-67)51-94)97-83-36-30-64(87-56(5)20-14-21-57(87)6)46-77(83)78-47-65(31-37-84(78)97)88-58(7)22-15-23-59(88)8/h9-47H,1-8H3. The molecule has 0 saturated heterocycles. The number of rotatable bonds is 9. The van der Waals surface area contributed by atoms with Gasteiger partial charge in [0.05, 0.1) is 66.7 Å². The van der Waals surface area contributed by atoms with Gasteiger partial charge in [-0.15, -0.1) is 0 Å². The smallest absolute Gasteiger partial charge is 0.101 e. The van der Waals surface area contributed by atoms with Gasteiger partial charge < -0.3 is 13.7 Å². The summed E-state index contributed by atoms with van der Waals surface area (Å²) in [4.78, 5) is 0. The predicted octanol–water partition coefficient (Wildman–Crippen LogP) is 22.9. The summed E-state index contributed by atoms with van der Waals surface area (Å²) < 4.78 is 6.49. The van der Waals surface area contributed by atoms with Crippen molar-refractivity contribution in [2.45, 2.75) is 55.4 Å². The van der Waals surface area contributed by atoms with E-state index in [0.717, 1.165) is 116 Å². The van der Waals surface area contributed by atoms with Crippen LogP contribution in [0.3, 0.4) is 0 Å². The molecule has 0 amide bonds. The zero-order valence-corrected chi connectivity index (χ0v) is 55.1. The molecule has 0 N–H and O–H groups in total. The number of benzene rings is 13. The molecule has 7 nitrogen and oxygen atoms in total. The second-order valence-electron chi connectivity index (χ2n) is 26.1. The Labute approximate surface area is 563 Å². The van der Waals surface area contributed by atoms with E-state index in [-0.39, 0.29) is 0 Å². The molecule has 16 rings (SSSR count). The Hall–Kier alpha value is -12.8. The maximum absolute atomic E-state index is 11.4. The van der Waals surface area contributed by atoms with Crippen LogP contribution in [0.5, 0.6) is 0 Å². The molecular weight excluding hydrogens is 1180 g/mol. The van der Waals surface area contributed by atoms with E-state index in [2.05, 4.69) is 287 Å². The Morgan fingerprint density at radius 2 is 0.443 bits per heavy atom. The lowest BCUT2D eigenvalue weighted by Crippen LogP contribution is -2.02. The fraction of sp³-hybridized carbons (Fsp3) is 0.0889. The topological polar surface area (TPSA) is 110 Å². The Bertz CT molecular complexity index is 5540. The van der Waals surface area contributed by atoms with E-state index in [1.165, 1.54) is 66.8 Å². The van der Waals surface area contributed by atoms with Crippen molar-refractivity contribution in [1.29, 1.82) is 21.0 Å². The lowest BCUT2D eigenvalue weighted by molar-refractivity contribution is 1.15. The molecular formula is C90H63N7. The molecule has 0 unspecified atom stereocenters. The van der Waals surface area contributed by atoms with Crippen LogP contribution in [0.1, 0.15) is 66.8 Å². The van der Waals surface area contributed by atoms with Gasteiger partial charge in [-0.1, -0.05) is 127 Å². The van der Waals surface area contributed by atoms with Crippen LogP contribution in [0.15, 0.2) is 237 Å². The summed E-state index contributed by atoms with van der Waals surface area (Å²) in [6.45, 7) is 17.2. The zero-order valence-electron chi connectivity index (χ0n) is 55.1. The second kappa shape index (κ2) is 23.1. The van der Waals surface area contributed by atoms with Crippen molar-refractivity contribution >= 4 is 65.4 Å². The summed E-state index contributed by atoms with van der Waals surface area (Å²) in [7, 11) is 0. The molecule has 0 atom stereocenters. The van der Waals surface area contributed by atoms with Gasteiger partial charge in [0, 0.05) is 38.0 Å². The summed E-state index contributed by atoms with van der Waals surface area (Å²) in [5.74, 6) is 0. The van der Waals surface area contributed by atoms with Gasteiger partial charge in [-0.05, 0) is 276 Å². The van der Waals surface area contributed by atoms with Gasteiger partial charge in [0.2, 0.25) is 0 Å². The van der Waals surface area contributed by atoms with Crippen LogP contribution >= 0.6 is 0 Å². The summed E-state index contributed by atoms with van der Waals surface area (Å²) >= 11 is 0. The van der Waals surface area contributed by atoms with E-state index >= 15 is 0 Å². The average molecular weight is 1240 g/mol. The lowest BCUT2D eigenvalue weighted by Gasteiger charge is -2.15. The minimum atomic E-state index is 0.370. The maximum Gasteiger partial charge on any atom is 0.101 e. The van der Waals surface area contributed by atoms with Crippen LogP contribution in [0.4, 0.5) is 0 Å². The monoisotopic (exact) mass is 1240 g/mol. The van der Waals surface area contributed by atoms with Crippen LogP contribution in [-0.2, 0) is 0 Å². The third-order valence-electron chi connectivity index (χ3n) is 20.2. The fourth-order valence-electron chi connectivity index (χ4n) is 15.9. The summed E-state index contributed by atoms with van der Waals surface area (Å²) in [6.07, 6.45) is 0. The van der Waals surface area contributed by atoms with Crippen molar-refractivity contribution < 1.29 is 0 Å². The van der Waals surface area contributed by atoms with Gasteiger partial charge in [0.25, 0.3) is 0 Å². The normalized spacial score (nSPS) is 11.5. The maximum atomic E-state index is 11.4. The highest BCUT2D eigenvalue weighted by atomic mass is 15.0. The number of fused-ring (bicyclic) bond motifs is 9. The SMILES string of the molecule is Cc1cccc(C)c1-c1ccc2c(c1)c1cc(-c3c(C)cccc3C)ccc1n2-c1c(C#N)cc(-c2ccc3c(c2)c2cc(-c4cc(C#N)c(-n5c6ccc(-c7c(C)cccc7C)cc6c6cc(-c7c(C)cccc7C)ccc65)c(C#N)c4)ccc2n3-c2ccccc2)cc1C#N. The van der Waals surface area contributed by atoms with Gasteiger partial charge in [-0.2, -0.15) is 21.0 Å². The van der Waals surface area contributed by atoms with Crippen LogP contribution in [0.25, 0.3) is 149 Å². The van der Waals surface area contributed by atoms with Crippen molar-refractivity contribution in [3.63, 3.8) is 0 Å². The van der Waals surface area contributed by atoms with Gasteiger partial charge in [-0.3, -0.25) is 0 Å². The highest BCUT2D eigenvalue weighted by molar-refractivity contribution is 6.15. The molecule has 13 aromatic carbocycles. The summed E-state index contributed by atoms with van der Waals surface area (Å²) in [6, 6.07) is 92.9. The quantitative estimate of drug-likeness (QED) is 0.143. The number of nitrogens with zero attached hydrogens (tertiary/aromatic N) is 7. The first-order valence-corrected chi connectivity index (χ1v) is 32.8. The Balaban J connectivity index is 0.856.